The van der Waals surface area contributed by atoms with Gasteiger partial charge in [0.05, 0.1) is 0 Å². The zero-order valence-corrected chi connectivity index (χ0v) is 7.70. The number of carbonyl (C=O) groups excluding carboxylic acids is 1. The first-order valence-electron chi connectivity index (χ1n) is 3.58. The molecule has 0 aliphatic carbocycles. The van der Waals surface area contributed by atoms with Crippen LogP contribution in [0.25, 0.3) is 0 Å². The fourth-order valence-corrected chi connectivity index (χ4v) is 1.21. The Morgan fingerprint density at radius 1 is 1.00 bits per heavy atom. The molecule has 1 saturated heterocycles. The summed E-state index contributed by atoms with van der Waals surface area (Å²) in [7, 11) is 6.64. The Morgan fingerprint density at radius 3 is 1.58 bits per heavy atom. The third-order valence-corrected chi connectivity index (χ3v) is 1.83. The minimum atomic E-state index is -0.101. The molecule has 0 unspecified atom stereocenters. The molecular weight excluding hydrogens is 156 g/mol. The summed E-state index contributed by atoms with van der Waals surface area (Å²) in [6, 6.07) is -0.101. The number of carbonyl (C=O) groups is 1. The number of nitrogens with zero attached hydrogens (tertiary/aromatic N) is 4. The summed E-state index contributed by atoms with van der Waals surface area (Å²) in [5, 5.41) is 0. The van der Waals surface area contributed by atoms with E-state index in [4.69, 9.17) is 0 Å². The Hall–Kier alpha value is -1.39. The average molecular weight is 168 g/mol. The lowest BCUT2D eigenvalue weighted by atomic mass is 10.5. The second-order valence-electron chi connectivity index (χ2n) is 2.50. The number of hydrogen-bond donors (Lipinski definition) is 0. The van der Waals surface area contributed by atoms with Crippen molar-refractivity contribution in [3.63, 3.8) is 0 Å². The number of aliphatic imine (C=N–C) groups is 2. The average Bonchev–Trinajstić information content (AvgIpc) is 2.29. The van der Waals surface area contributed by atoms with E-state index in [2.05, 4.69) is 9.98 Å². The van der Waals surface area contributed by atoms with Crippen molar-refractivity contribution in [3.05, 3.63) is 0 Å². The quantitative estimate of drug-likeness (QED) is 0.503. The molecular formula is C7H12N4O. The van der Waals surface area contributed by atoms with E-state index >= 15 is 0 Å². The van der Waals surface area contributed by atoms with Crippen molar-refractivity contribution in [1.82, 2.24) is 9.80 Å². The van der Waals surface area contributed by atoms with E-state index in [-0.39, 0.29) is 6.03 Å². The van der Waals surface area contributed by atoms with Crippen LogP contribution in [0.15, 0.2) is 9.98 Å². The smallest absolute Gasteiger partial charge is 0.278 e. The molecule has 2 amide bonds. The van der Waals surface area contributed by atoms with Gasteiger partial charge in [-0.2, -0.15) is 0 Å². The first-order chi connectivity index (χ1) is 5.63. The second kappa shape index (κ2) is 2.92. The van der Waals surface area contributed by atoms with Gasteiger partial charge in [0.2, 0.25) is 0 Å². The van der Waals surface area contributed by atoms with Crippen LogP contribution >= 0.6 is 0 Å². The molecule has 1 aliphatic rings. The van der Waals surface area contributed by atoms with Gasteiger partial charge in [0.15, 0.2) is 11.7 Å². The van der Waals surface area contributed by atoms with Gasteiger partial charge in [-0.3, -0.25) is 19.8 Å². The maximum atomic E-state index is 11.3. The molecule has 0 saturated carbocycles. The number of hydrogen-bond acceptors (Lipinski definition) is 3. The summed E-state index contributed by atoms with van der Waals surface area (Å²) in [6.45, 7) is 0. The third-order valence-electron chi connectivity index (χ3n) is 1.83. The van der Waals surface area contributed by atoms with Gasteiger partial charge in [0.1, 0.15) is 0 Å². The maximum Gasteiger partial charge on any atom is 0.330 e. The van der Waals surface area contributed by atoms with Gasteiger partial charge < -0.3 is 0 Å². The minimum Gasteiger partial charge on any atom is -0.278 e. The highest BCUT2D eigenvalue weighted by molar-refractivity contribution is 6.48. The largest absolute Gasteiger partial charge is 0.330 e. The van der Waals surface area contributed by atoms with Crippen LogP contribution in [0.1, 0.15) is 0 Å². The SMILES string of the molecule is CN=C1C(=NC)N(C)C(=O)N1C. The fraction of sp³-hybridized carbons (Fsp3) is 0.571. The van der Waals surface area contributed by atoms with E-state index in [1.807, 2.05) is 0 Å². The Kier molecular flexibility index (Phi) is 2.12. The van der Waals surface area contributed by atoms with Crippen molar-refractivity contribution in [3.8, 4) is 0 Å². The Labute approximate surface area is 71.4 Å². The lowest BCUT2D eigenvalue weighted by Crippen LogP contribution is -2.27. The summed E-state index contributed by atoms with van der Waals surface area (Å²) in [5.74, 6) is 1.23. The van der Waals surface area contributed by atoms with E-state index in [1.165, 1.54) is 9.80 Å². The summed E-state index contributed by atoms with van der Waals surface area (Å²) in [5.41, 5.74) is 0. The van der Waals surface area contributed by atoms with Crippen LogP contribution in [0.2, 0.25) is 0 Å². The highest BCUT2D eigenvalue weighted by Crippen LogP contribution is 2.09. The number of amidine groups is 2. The number of urea groups is 1. The molecule has 12 heavy (non-hydrogen) atoms. The molecule has 0 spiro atoms. The van der Waals surface area contributed by atoms with Gasteiger partial charge in [-0.05, 0) is 0 Å². The molecule has 5 heteroatoms. The van der Waals surface area contributed by atoms with Crippen molar-refractivity contribution in [2.75, 3.05) is 28.2 Å². The lowest BCUT2D eigenvalue weighted by Gasteiger charge is -2.06. The van der Waals surface area contributed by atoms with E-state index < -0.39 is 0 Å². The Bertz CT molecular complexity index is 243. The van der Waals surface area contributed by atoms with Gasteiger partial charge in [-0.25, -0.2) is 4.79 Å². The van der Waals surface area contributed by atoms with Crippen LogP contribution in [-0.4, -0.2) is 55.7 Å². The molecule has 1 rings (SSSR count). The van der Waals surface area contributed by atoms with Gasteiger partial charge in [-0.15, -0.1) is 0 Å². The van der Waals surface area contributed by atoms with Crippen LogP contribution in [0, 0.1) is 0 Å². The summed E-state index contributed by atoms with van der Waals surface area (Å²) >= 11 is 0. The van der Waals surface area contributed by atoms with Crippen LogP contribution in [0.4, 0.5) is 4.79 Å². The van der Waals surface area contributed by atoms with E-state index in [0.717, 1.165) is 0 Å². The molecule has 0 bridgehead atoms. The molecule has 1 heterocycles. The van der Waals surface area contributed by atoms with Gasteiger partial charge in [0, 0.05) is 28.2 Å². The van der Waals surface area contributed by atoms with Crippen LogP contribution in [-0.2, 0) is 0 Å². The highest BCUT2D eigenvalue weighted by atomic mass is 16.2. The van der Waals surface area contributed by atoms with E-state index in [9.17, 15) is 4.79 Å². The van der Waals surface area contributed by atoms with Gasteiger partial charge in [-0.1, -0.05) is 0 Å². The molecule has 1 fully saturated rings. The predicted octanol–water partition coefficient (Wildman–Crippen LogP) is 0.0402. The zero-order valence-electron chi connectivity index (χ0n) is 7.70. The predicted molar refractivity (Wildman–Crippen MR) is 47.6 cm³/mol. The molecule has 0 N–H and O–H groups in total. The van der Waals surface area contributed by atoms with E-state index in [1.54, 1.807) is 28.2 Å². The Morgan fingerprint density at radius 2 is 1.33 bits per heavy atom. The molecule has 66 valence electrons. The molecule has 0 atom stereocenters. The second-order valence-corrected chi connectivity index (χ2v) is 2.50. The molecule has 5 nitrogen and oxygen atoms in total. The van der Waals surface area contributed by atoms with E-state index in [0.29, 0.717) is 11.7 Å². The van der Waals surface area contributed by atoms with Crippen LogP contribution < -0.4 is 0 Å². The molecule has 0 radical (unpaired) electrons. The first-order valence-corrected chi connectivity index (χ1v) is 3.58. The van der Waals surface area contributed by atoms with Crippen molar-refractivity contribution >= 4 is 17.7 Å². The Balaban J connectivity index is 3.13. The summed E-state index contributed by atoms with van der Waals surface area (Å²) < 4.78 is 0. The molecule has 0 aromatic heterocycles. The summed E-state index contributed by atoms with van der Waals surface area (Å²) in [4.78, 5) is 22.2. The first kappa shape index (κ1) is 8.70. The molecule has 0 aromatic carbocycles. The third kappa shape index (κ3) is 0.975. The molecule has 0 aromatic rings. The number of rotatable bonds is 0. The van der Waals surface area contributed by atoms with Gasteiger partial charge >= 0.3 is 6.03 Å². The monoisotopic (exact) mass is 168 g/mol. The molecule has 1 aliphatic heterocycles. The van der Waals surface area contributed by atoms with Crippen LogP contribution in [0.3, 0.4) is 0 Å². The number of likely N-dealkylation sites (N-methyl/N-ethyl adjacent to an activating group) is 2. The van der Waals surface area contributed by atoms with Crippen molar-refractivity contribution in [2.45, 2.75) is 0 Å². The standard InChI is InChI=1S/C7H12N4O/c1-8-5-6(9-2)11(4)7(12)10(5)3/h1-4H3. The van der Waals surface area contributed by atoms with Crippen molar-refractivity contribution in [1.29, 1.82) is 0 Å². The summed E-state index contributed by atoms with van der Waals surface area (Å²) in [6.07, 6.45) is 0. The fourth-order valence-electron chi connectivity index (χ4n) is 1.21. The normalized spacial score (nSPS) is 24.8. The zero-order chi connectivity index (χ0) is 9.30. The minimum absolute atomic E-state index is 0.101. The van der Waals surface area contributed by atoms with Crippen molar-refractivity contribution < 1.29 is 4.79 Å². The highest BCUT2D eigenvalue weighted by Gasteiger charge is 2.34. The lowest BCUT2D eigenvalue weighted by molar-refractivity contribution is 0.216. The number of amides is 2. The van der Waals surface area contributed by atoms with Crippen molar-refractivity contribution in [2.24, 2.45) is 9.98 Å². The topological polar surface area (TPSA) is 48.3 Å². The van der Waals surface area contributed by atoms with Crippen LogP contribution in [0.5, 0.6) is 0 Å². The maximum absolute atomic E-state index is 11.3. The van der Waals surface area contributed by atoms with Gasteiger partial charge in [0.25, 0.3) is 0 Å².